The lowest BCUT2D eigenvalue weighted by Crippen LogP contribution is -2.51. The summed E-state index contributed by atoms with van der Waals surface area (Å²) in [5.74, 6) is 0.789. The highest BCUT2D eigenvalue weighted by Crippen LogP contribution is 2.31. The van der Waals surface area contributed by atoms with Crippen molar-refractivity contribution in [1.29, 1.82) is 0 Å². The van der Waals surface area contributed by atoms with Gasteiger partial charge in [0.1, 0.15) is 0 Å². The van der Waals surface area contributed by atoms with Crippen molar-refractivity contribution in [2.75, 3.05) is 19.8 Å². The largest absolute Gasteiger partial charge is 0.395 e. The molecule has 2 N–H and O–H groups in total. The van der Waals surface area contributed by atoms with E-state index in [0.717, 1.165) is 12.5 Å². The highest BCUT2D eigenvalue weighted by atomic mass is 16.5. The molecule has 1 saturated carbocycles. The van der Waals surface area contributed by atoms with Crippen molar-refractivity contribution in [1.82, 2.24) is 5.32 Å². The van der Waals surface area contributed by atoms with E-state index < -0.39 is 0 Å². The van der Waals surface area contributed by atoms with Crippen LogP contribution in [0.5, 0.6) is 0 Å². The summed E-state index contributed by atoms with van der Waals surface area (Å²) < 4.78 is 5.66. The predicted molar refractivity (Wildman–Crippen MR) is 46.0 cm³/mol. The Morgan fingerprint density at radius 1 is 1.42 bits per heavy atom. The number of rotatable bonds is 2. The molecular formula is C9H17NO2. The fraction of sp³-hybridized carbons (Fsp3) is 1.00. The fourth-order valence-corrected chi connectivity index (χ4v) is 1.87. The first-order valence-corrected chi connectivity index (χ1v) is 4.86. The van der Waals surface area contributed by atoms with Crippen molar-refractivity contribution in [3.8, 4) is 0 Å². The Labute approximate surface area is 73.1 Å². The molecule has 1 aliphatic heterocycles. The molecule has 2 rings (SSSR count). The molecule has 3 nitrogen and oxygen atoms in total. The maximum absolute atomic E-state index is 8.84. The highest BCUT2D eigenvalue weighted by molar-refractivity contribution is 4.84. The smallest absolute Gasteiger partial charge is 0.0728 e. The van der Waals surface area contributed by atoms with E-state index in [1.165, 1.54) is 19.3 Å². The third-order valence-electron chi connectivity index (χ3n) is 3.02. The molecule has 2 atom stereocenters. The van der Waals surface area contributed by atoms with Gasteiger partial charge in [-0.15, -0.1) is 0 Å². The van der Waals surface area contributed by atoms with Crippen LogP contribution in [0, 0.1) is 5.92 Å². The van der Waals surface area contributed by atoms with Crippen molar-refractivity contribution >= 4 is 0 Å². The van der Waals surface area contributed by atoms with Gasteiger partial charge in [-0.2, -0.15) is 0 Å². The fourth-order valence-electron chi connectivity index (χ4n) is 1.87. The van der Waals surface area contributed by atoms with Crippen LogP contribution in [0.3, 0.4) is 0 Å². The average molecular weight is 171 g/mol. The zero-order chi connectivity index (χ0) is 8.39. The van der Waals surface area contributed by atoms with E-state index in [-0.39, 0.29) is 12.6 Å². The second kappa shape index (κ2) is 3.73. The summed E-state index contributed by atoms with van der Waals surface area (Å²) in [5, 5.41) is 12.1. The van der Waals surface area contributed by atoms with Gasteiger partial charge in [0, 0.05) is 6.54 Å². The minimum absolute atomic E-state index is 0.168. The molecule has 0 spiro atoms. The van der Waals surface area contributed by atoms with Crippen LogP contribution in [0.15, 0.2) is 0 Å². The number of aliphatic hydroxyl groups is 1. The Hall–Kier alpha value is -0.120. The van der Waals surface area contributed by atoms with Gasteiger partial charge in [-0.1, -0.05) is 6.42 Å². The predicted octanol–water partition coefficient (Wildman–Crippen LogP) is 0.136. The summed E-state index contributed by atoms with van der Waals surface area (Å²) in [6, 6.07) is 0.168. The Morgan fingerprint density at radius 2 is 2.25 bits per heavy atom. The summed E-state index contributed by atoms with van der Waals surface area (Å²) in [7, 11) is 0. The molecule has 3 heteroatoms. The molecule has 12 heavy (non-hydrogen) atoms. The monoisotopic (exact) mass is 171 g/mol. The lowest BCUT2D eigenvalue weighted by molar-refractivity contribution is -0.0562. The van der Waals surface area contributed by atoms with Gasteiger partial charge in [-0.25, -0.2) is 0 Å². The number of morpholine rings is 1. The van der Waals surface area contributed by atoms with Gasteiger partial charge in [-0.05, 0) is 18.8 Å². The standard InChI is InChI=1S/C9H17NO2/c11-5-8-6-12-9(4-10-8)7-2-1-3-7/h7-11H,1-6H2. The normalized spacial score (nSPS) is 37.8. The first-order valence-electron chi connectivity index (χ1n) is 4.86. The zero-order valence-electron chi connectivity index (χ0n) is 7.33. The van der Waals surface area contributed by atoms with E-state index in [0.29, 0.717) is 12.7 Å². The second-order valence-corrected chi connectivity index (χ2v) is 3.85. The van der Waals surface area contributed by atoms with Gasteiger partial charge in [0.2, 0.25) is 0 Å². The van der Waals surface area contributed by atoms with Gasteiger partial charge in [0.25, 0.3) is 0 Å². The van der Waals surface area contributed by atoms with Gasteiger partial charge in [0.15, 0.2) is 0 Å². The van der Waals surface area contributed by atoms with Crippen LogP contribution in [0.1, 0.15) is 19.3 Å². The van der Waals surface area contributed by atoms with Crippen LogP contribution in [0.25, 0.3) is 0 Å². The quantitative estimate of drug-likeness (QED) is 0.621. The lowest BCUT2D eigenvalue weighted by Gasteiger charge is -2.38. The van der Waals surface area contributed by atoms with E-state index >= 15 is 0 Å². The molecule has 2 aliphatic rings. The minimum Gasteiger partial charge on any atom is -0.395 e. The first kappa shape index (κ1) is 8.48. The molecule has 0 aromatic rings. The molecule has 2 fully saturated rings. The van der Waals surface area contributed by atoms with Gasteiger partial charge in [0.05, 0.1) is 25.4 Å². The Morgan fingerprint density at radius 3 is 2.67 bits per heavy atom. The molecule has 1 aliphatic carbocycles. The van der Waals surface area contributed by atoms with E-state index in [1.807, 2.05) is 0 Å². The maximum atomic E-state index is 8.84. The van der Waals surface area contributed by atoms with Gasteiger partial charge in [-0.3, -0.25) is 0 Å². The first-order chi connectivity index (χ1) is 5.90. The molecule has 2 unspecified atom stereocenters. The minimum atomic E-state index is 0.168. The summed E-state index contributed by atoms with van der Waals surface area (Å²) in [6.07, 6.45) is 4.45. The van der Waals surface area contributed by atoms with Crippen molar-refractivity contribution in [2.24, 2.45) is 5.92 Å². The molecule has 0 amide bonds. The Kier molecular flexibility index (Phi) is 2.63. The van der Waals surface area contributed by atoms with Crippen LogP contribution in [-0.4, -0.2) is 37.0 Å². The summed E-state index contributed by atoms with van der Waals surface area (Å²) in [6.45, 7) is 1.80. The van der Waals surface area contributed by atoms with Gasteiger partial charge >= 0.3 is 0 Å². The number of nitrogens with one attached hydrogen (secondary N) is 1. The summed E-state index contributed by atoms with van der Waals surface area (Å²) in [5.41, 5.74) is 0. The second-order valence-electron chi connectivity index (χ2n) is 3.85. The molecule has 0 aromatic carbocycles. The molecular weight excluding hydrogens is 154 g/mol. The van der Waals surface area contributed by atoms with E-state index in [1.54, 1.807) is 0 Å². The Bertz CT molecular complexity index is 139. The molecule has 0 bridgehead atoms. The maximum Gasteiger partial charge on any atom is 0.0728 e. The van der Waals surface area contributed by atoms with Crippen LogP contribution in [0.4, 0.5) is 0 Å². The van der Waals surface area contributed by atoms with Crippen molar-refractivity contribution in [3.63, 3.8) is 0 Å². The van der Waals surface area contributed by atoms with Crippen LogP contribution >= 0.6 is 0 Å². The van der Waals surface area contributed by atoms with Crippen LogP contribution in [-0.2, 0) is 4.74 Å². The Balaban J connectivity index is 1.74. The van der Waals surface area contributed by atoms with E-state index in [9.17, 15) is 0 Å². The third kappa shape index (κ3) is 1.63. The SMILES string of the molecule is OCC1COC(C2CCC2)CN1. The van der Waals surface area contributed by atoms with Crippen molar-refractivity contribution < 1.29 is 9.84 Å². The van der Waals surface area contributed by atoms with E-state index in [4.69, 9.17) is 9.84 Å². The number of ether oxygens (including phenoxy) is 1. The summed E-state index contributed by atoms with van der Waals surface area (Å²) >= 11 is 0. The number of aliphatic hydroxyl groups excluding tert-OH is 1. The lowest BCUT2D eigenvalue weighted by atomic mass is 9.80. The van der Waals surface area contributed by atoms with Crippen LogP contribution < -0.4 is 5.32 Å². The number of hydrogen-bond donors (Lipinski definition) is 2. The molecule has 0 aromatic heterocycles. The van der Waals surface area contributed by atoms with Crippen molar-refractivity contribution in [2.45, 2.75) is 31.4 Å². The molecule has 1 heterocycles. The zero-order valence-corrected chi connectivity index (χ0v) is 7.33. The number of hydrogen-bond acceptors (Lipinski definition) is 3. The van der Waals surface area contributed by atoms with Gasteiger partial charge < -0.3 is 15.2 Å². The van der Waals surface area contributed by atoms with E-state index in [2.05, 4.69) is 5.32 Å². The average Bonchev–Trinajstić information content (AvgIpc) is 2.03. The van der Waals surface area contributed by atoms with Crippen LogP contribution in [0.2, 0.25) is 0 Å². The molecule has 1 saturated heterocycles. The third-order valence-corrected chi connectivity index (χ3v) is 3.02. The van der Waals surface area contributed by atoms with Crippen molar-refractivity contribution in [3.05, 3.63) is 0 Å². The highest BCUT2D eigenvalue weighted by Gasteiger charge is 2.31. The molecule has 0 radical (unpaired) electrons. The molecule has 70 valence electrons. The topological polar surface area (TPSA) is 41.5 Å². The summed E-state index contributed by atoms with van der Waals surface area (Å²) in [4.78, 5) is 0.